The maximum absolute atomic E-state index is 10.8. The number of hydrazine groups is 1. The van der Waals surface area contributed by atoms with Crippen LogP contribution < -0.4 is 5.43 Å². The number of aliphatic imine (C=N–C) groups is 1. The molecule has 0 saturated heterocycles. The highest BCUT2D eigenvalue weighted by atomic mass is 35.5. The standard InChI is InChI=1S/C18H27Cl2N3O/c1-12(7-13-5-6-14(19)9-15(13)20)8-16(17(24)18(2,3)4)23-11-21-10-22-23/h5-6,9-10,12,16-17,24H,7-8,11H2,1-4H3,(H,21,22)/t12-,16-,17+/m1/s1. The molecule has 0 saturated carbocycles. The molecule has 0 unspecified atom stereocenters. The van der Waals surface area contributed by atoms with Crippen molar-refractivity contribution >= 4 is 29.5 Å². The molecule has 0 aromatic heterocycles. The van der Waals surface area contributed by atoms with E-state index in [-0.39, 0.29) is 11.5 Å². The van der Waals surface area contributed by atoms with Crippen molar-refractivity contribution in [3.05, 3.63) is 33.8 Å². The van der Waals surface area contributed by atoms with Gasteiger partial charge in [0.05, 0.1) is 18.5 Å². The summed E-state index contributed by atoms with van der Waals surface area (Å²) < 4.78 is 0. The first-order chi connectivity index (χ1) is 11.2. The lowest BCUT2D eigenvalue weighted by molar-refractivity contribution is -0.0330. The van der Waals surface area contributed by atoms with Crippen LogP contribution in [0.4, 0.5) is 0 Å². The molecule has 0 bridgehead atoms. The first-order valence-corrected chi connectivity index (χ1v) is 9.07. The van der Waals surface area contributed by atoms with Gasteiger partial charge in [-0.3, -0.25) is 4.99 Å². The van der Waals surface area contributed by atoms with Crippen molar-refractivity contribution in [1.82, 2.24) is 10.4 Å². The molecule has 134 valence electrons. The van der Waals surface area contributed by atoms with Gasteiger partial charge < -0.3 is 10.5 Å². The Hall–Kier alpha value is -0.810. The SMILES string of the molecule is C[C@H](Cc1ccc(Cl)cc1Cl)C[C@H]([C@H](O)C(C)(C)C)N1CN=CN1. The summed E-state index contributed by atoms with van der Waals surface area (Å²) in [5, 5.41) is 14.2. The van der Waals surface area contributed by atoms with Crippen molar-refractivity contribution in [2.45, 2.75) is 52.7 Å². The highest BCUT2D eigenvalue weighted by molar-refractivity contribution is 6.35. The van der Waals surface area contributed by atoms with Crippen molar-refractivity contribution < 1.29 is 5.11 Å². The predicted molar refractivity (Wildman–Crippen MR) is 102 cm³/mol. The fraction of sp³-hybridized carbons (Fsp3) is 0.611. The number of hydrogen-bond acceptors (Lipinski definition) is 4. The number of aliphatic hydroxyl groups is 1. The van der Waals surface area contributed by atoms with Crippen LogP contribution in [0.5, 0.6) is 0 Å². The van der Waals surface area contributed by atoms with Crippen molar-refractivity contribution in [2.75, 3.05) is 6.67 Å². The number of rotatable bonds is 6. The highest BCUT2D eigenvalue weighted by Gasteiger charge is 2.36. The van der Waals surface area contributed by atoms with Crippen LogP contribution in [0, 0.1) is 11.3 Å². The van der Waals surface area contributed by atoms with Crippen molar-refractivity contribution in [3.63, 3.8) is 0 Å². The van der Waals surface area contributed by atoms with Crippen LogP contribution in [0.2, 0.25) is 10.0 Å². The van der Waals surface area contributed by atoms with Gasteiger partial charge in [0.2, 0.25) is 0 Å². The minimum Gasteiger partial charge on any atom is -0.391 e. The third kappa shape index (κ3) is 5.09. The Morgan fingerprint density at radius 3 is 2.58 bits per heavy atom. The molecule has 6 heteroatoms. The van der Waals surface area contributed by atoms with E-state index in [0.717, 1.165) is 18.4 Å². The topological polar surface area (TPSA) is 47.9 Å². The zero-order valence-corrected chi connectivity index (χ0v) is 16.3. The van der Waals surface area contributed by atoms with Crippen LogP contribution in [0.15, 0.2) is 23.2 Å². The summed E-state index contributed by atoms with van der Waals surface area (Å²) in [6.07, 6.45) is 2.91. The maximum atomic E-state index is 10.8. The van der Waals surface area contributed by atoms with Gasteiger partial charge in [0.15, 0.2) is 0 Å². The van der Waals surface area contributed by atoms with Crippen LogP contribution in [0.1, 0.15) is 39.7 Å². The number of hydrogen-bond donors (Lipinski definition) is 2. The summed E-state index contributed by atoms with van der Waals surface area (Å²) in [5.74, 6) is 0.355. The van der Waals surface area contributed by atoms with E-state index in [9.17, 15) is 5.11 Å². The third-order valence-corrected chi connectivity index (χ3v) is 5.02. The van der Waals surface area contributed by atoms with Gasteiger partial charge in [-0.15, -0.1) is 0 Å². The lowest BCUT2D eigenvalue weighted by atomic mass is 9.80. The molecule has 24 heavy (non-hydrogen) atoms. The normalized spacial score (nSPS) is 19.1. The van der Waals surface area contributed by atoms with Crippen molar-refractivity contribution in [1.29, 1.82) is 0 Å². The molecule has 0 fully saturated rings. The summed E-state index contributed by atoms with van der Waals surface area (Å²) >= 11 is 12.3. The predicted octanol–water partition coefficient (Wildman–Crippen LogP) is 4.14. The molecule has 0 spiro atoms. The molecular formula is C18H27Cl2N3O. The second-order valence-electron chi connectivity index (χ2n) is 7.71. The maximum Gasteiger partial charge on any atom is 0.111 e. The molecule has 1 aliphatic heterocycles. The quantitative estimate of drug-likeness (QED) is 0.789. The Labute approximate surface area is 154 Å². The number of nitrogens with zero attached hydrogens (tertiary/aromatic N) is 2. The Balaban J connectivity index is 2.07. The molecule has 0 amide bonds. The molecule has 1 heterocycles. The van der Waals surface area contributed by atoms with Crippen LogP contribution >= 0.6 is 23.2 Å². The second kappa shape index (κ2) is 8.05. The Bertz CT molecular complexity index is 578. The largest absolute Gasteiger partial charge is 0.391 e. The van der Waals surface area contributed by atoms with E-state index in [4.69, 9.17) is 23.2 Å². The summed E-state index contributed by atoms with van der Waals surface area (Å²) in [6, 6.07) is 5.61. The fourth-order valence-corrected chi connectivity index (χ4v) is 3.53. The van der Waals surface area contributed by atoms with Crippen LogP contribution in [0.3, 0.4) is 0 Å². The summed E-state index contributed by atoms with van der Waals surface area (Å²) in [4.78, 5) is 4.21. The minimum absolute atomic E-state index is 0.0198. The molecule has 4 nitrogen and oxygen atoms in total. The lowest BCUT2D eigenvalue weighted by Gasteiger charge is -2.38. The van der Waals surface area contributed by atoms with E-state index in [1.807, 2.05) is 17.1 Å². The second-order valence-corrected chi connectivity index (χ2v) is 8.55. The van der Waals surface area contributed by atoms with Gasteiger partial charge in [0.1, 0.15) is 6.67 Å². The van der Waals surface area contributed by atoms with E-state index in [0.29, 0.717) is 22.6 Å². The van der Waals surface area contributed by atoms with Gasteiger partial charge in [0, 0.05) is 10.0 Å². The molecule has 3 atom stereocenters. The molecule has 1 aliphatic rings. The summed E-state index contributed by atoms with van der Waals surface area (Å²) in [7, 11) is 0. The van der Waals surface area contributed by atoms with E-state index in [1.165, 1.54) is 0 Å². The Kier molecular flexibility index (Phi) is 6.54. The monoisotopic (exact) mass is 371 g/mol. The number of halogens is 2. The van der Waals surface area contributed by atoms with Crippen LogP contribution in [-0.4, -0.2) is 35.3 Å². The van der Waals surface area contributed by atoms with E-state index in [2.05, 4.69) is 38.1 Å². The average molecular weight is 372 g/mol. The number of aliphatic hydroxyl groups excluding tert-OH is 1. The Morgan fingerprint density at radius 2 is 2.04 bits per heavy atom. The van der Waals surface area contributed by atoms with Gasteiger partial charge >= 0.3 is 0 Å². The molecule has 0 radical (unpaired) electrons. The van der Waals surface area contributed by atoms with Crippen LogP contribution in [-0.2, 0) is 6.42 Å². The van der Waals surface area contributed by atoms with Gasteiger partial charge in [-0.25, -0.2) is 0 Å². The van der Waals surface area contributed by atoms with Gasteiger partial charge in [-0.2, -0.15) is 5.01 Å². The van der Waals surface area contributed by atoms with E-state index < -0.39 is 6.10 Å². The zero-order valence-electron chi connectivity index (χ0n) is 14.8. The Morgan fingerprint density at radius 1 is 1.33 bits per heavy atom. The van der Waals surface area contributed by atoms with Gasteiger partial charge in [0.25, 0.3) is 0 Å². The lowest BCUT2D eigenvalue weighted by Crippen LogP contribution is -2.52. The van der Waals surface area contributed by atoms with E-state index >= 15 is 0 Å². The molecular weight excluding hydrogens is 345 g/mol. The number of nitrogens with one attached hydrogen (secondary N) is 1. The summed E-state index contributed by atoms with van der Waals surface area (Å²) in [5.41, 5.74) is 4.02. The first-order valence-electron chi connectivity index (χ1n) is 8.31. The van der Waals surface area contributed by atoms with Crippen molar-refractivity contribution in [2.24, 2.45) is 16.3 Å². The van der Waals surface area contributed by atoms with E-state index in [1.54, 1.807) is 12.4 Å². The van der Waals surface area contributed by atoms with Crippen molar-refractivity contribution in [3.8, 4) is 0 Å². The molecule has 1 aromatic carbocycles. The van der Waals surface area contributed by atoms with Gasteiger partial charge in [-0.05, 0) is 41.9 Å². The first kappa shape index (κ1) is 19.5. The fourth-order valence-electron chi connectivity index (χ4n) is 3.05. The highest BCUT2D eigenvalue weighted by Crippen LogP contribution is 2.30. The average Bonchev–Trinajstić information content (AvgIpc) is 3.00. The molecule has 0 aliphatic carbocycles. The molecule has 2 rings (SSSR count). The molecule has 2 N–H and O–H groups in total. The van der Waals surface area contributed by atoms with Crippen LogP contribution in [0.25, 0.3) is 0 Å². The minimum atomic E-state index is -0.463. The summed E-state index contributed by atoms with van der Waals surface area (Å²) in [6.45, 7) is 8.92. The van der Waals surface area contributed by atoms with Gasteiger partial charge in [-0.1, -0.05) is 57.0 Å². The third-order valence-electron chi connectivity index (χ3n) is 4.43. The smallest absolute Gasteiger partial charge is 0.111 e. The number of benzene rings is 1. The molecule has 1 aromatic rings. The zero-order chi connectivity index (χ0) is 17.9.